The van der Waals surface area contributed by atoms with E-state index in [4.69, 9.17) is 20.4 Å². The molecule has 116 valence electrons. The number of nitrogens with two attached hydrogens (primary N) is 1. The molecule has 8 heteroatoms. The molecule has 0 aliphatic carbocycles. The zero-order valence-corrected chi connectivity index (χ0v) is 12.1. The lowest BCUT2D eigenvalue weighted by atomic mass is 10.2. The predicted octanol–water partition coefficient (Wildman–Crippen LogP) is -1.07. The van der Waals surface area contributed by atoms with Crippen LogP contribution < -0.4 is 5.73 Å². The molecule has 1 unspecified atom stereocenters. The molecule has 0 aromatic heterocycles. The standard InChI is InChI=1S/C12H24N4O4/c1-10(12(13)14-18)15-3-5-16(6-4-15)11(17)9-20-8-7-19-2/h10,18H,3-9H2,1-2H3,(H2,13,14). The number of amidine groups is 1. The zero-order chi connectivity index (χ0) is 15.0. The van der Waals surface area contributed by atoms with E-state index in [0.29, 0.717) is 39.4 Å². The Kier molecular flexibility index (Phi) is 7.27. The molecule has 1 saturated heterocycles. The van der Waals surface area contributed by atoms with Crippen molar-refractivity contribution >= 4 is 11.7 Å². The van der Waals surface area contributed by atoms with Crippen LogP contribution in [0.25, 0.3) is 0 Å². The number of methoxy groups -OCH3 is 1. The van der Waals surface area contributed by atoms with E-state index in [1.54, 1.807) is 12.0 Å². The molecule has 0 aromatic rings. The highest BCUT2D eigenvalue weighted by molar-refractivity contribution is 5.84. The van der Waals surface area contributed by atoms with Gasteiger partial charge in [-0.05, 0) is 6.92 Å². The maximum Gasteiger partial charge on any atom is 0.248 e. The number of hydrogen-bond acceptors (Lipinski definition) is 6. The lowest BCUT2D eigenvalue weighted by Crippen LogP contribution is -2.54. The van der Waals surface area contributed by atoms with E-state index in [9.17, 15) is 4.79 Å². The first kappa shape index (κ1) is 16.7. The second kappa shape index (κ2) is 8.72. The van der Waals surface area contributed by atoms with Gasteiger partial charge < -0.3 is 25.3 Å². The summed E-state index contributed by atoms with van der Waals surface area (Å²) in [5, 5.41) is 11.7. The number of carbonyl (C=O) groups is 1. The van der Waals surface area contributed by atoms with E-state index in [1.807, 2.05) is 6.92 Å². The molecule has 0 saturated carbocycles. The largest absolute Gasteiger partial charge is 0.409 e. The highest BCUT2D eigenvalue weighted by atomic mass is 16.5. The quantitative estimate of drug-likeness (QED) is 0.203. The van der Waals surface area contributed by atoms with Crippen LogP contribution >= 0.6 is 0 Å². The van der Waals surface area contributed by atoms with Crippen LogP contribution in [0.5, 0.6) is 0 Å². The molecule has 8 nitrogen and oxygen atoms in total. The Morgan fingerprint density at radius 3 is 2.55 bits per heavy atom. The second-order valence-corrected chi connectivity index (χ2v) is 4.66. The minimum absolute atomic E-state index is 0.0165. The summed E-state index contributed by atoms with van der Waals surface area (Å²) < 4.78 is 10.1. The Labute approximate surface area is 119 Å². The van der Waals surface area contributed by atoms with Crippen molar-refractivity contribution in [3.8, 4) is 0 Å². The average molecular weight is 288 g/mol. The van der Waals surface area contributed by atoms with Gasteiger partial charge in [0.25, 0.3) is 0 Å². The van der Waals surface area contributed by atoms with Crippen LogP contribution in [-0.4, -0.2) is 85.9 Å². The van der Waals surface area contributed by atoms with Crippen molar-refractivity contribution in [3.05, 3.63) is 0 Å². The van der Waals surface area contributed by atoms with E-state index >= 15 is 0 Å². The fourth-order valence-corrected chi connectivity index (χ4v) is 2.02. The summed E-state index contributed by atoms with van der Waals surface area (Å²) >= 11 is 0. The molecule has 1 atom stereocenters. The fraction of sp³-hybridized carbons (Fsp3) is 0.833. The lowest BCUT2D eigenvalue weighted by Gasteiger charge is -2.37. The van der Waals surface area contributed by atoms with Crippen LogP contribution in [0, 0.1) is 0 Å². The smallest absolute Gasteiger partial charge is 0.248 e. The van der Waals surface area contributed by atoms with Crippen molar-refractivity contribution in [1.82, 2.24) is 9.80 Å². The van der Waals surface area contributed by atoms with Crippen molar-refractivity contribution in [2.75, 3.05) is 53.1 Å². The third-order valence-corrected chi connectivity index (χ3v) is 3.42. The van der Waals surface area contributed by atoms with Crippen LogP contribution in [0.1, 0.15) is 6.92 Å². The highest BCUT2D eigenvalue weighted by Crippen LogP contribution is 2.07. The van der Waals surface area contributed by atoms with Gasteiger partial charge in [-0.25, -0.2) is 0 Å². The van der Waals surface area contributed by atoms with E-state index in [2.05, 4.69) is 10.1 Å². The van der Waals surface area contributed by atoms with Crippen molar-refractivity contribution in [2.24, 2.45) is 10.9 Å². The van der Waals surface area contributed by atoms with Gasteiger partial charge >= 0.3 is 0 Å². The Bertz CT molecular complexity index is 329. The van der Waals surface area contributed by atoms with E-state index < -0.39 is 0 Å². The molecule has 1 aliphatic rings. The summed E-state index contributed by atoms with van der Waals surface area (Å²) in [4.78, 5) is 15.7. The Hall–Kier alpha value is -1.38. The van der Waals surface area contributed by atoms with Gasteiger partial charge in [-0.2, -0.15) is 0 Å². The van der Waals surface area contributed by atoms with Gasteiger partial charge in [0.2, 0.25) is 5.91 Å². The molecule has 1 fully saturated rings. The maximum atomic E-state index is 11.9. The van der Waals surface area contributed by atoms with Gasteiger partial charge in [0.1, 0.15) is 6.61 Å². The van der Waals surface area contributed by atoms with Crippen molar-refractivity contribution < 1.29 is 19.5 Å². The number of ether oxygens (including phenoxy) is 2. The molecule has 0 bridgehead atoms. The molecule has 20 heavy (non-hydrogen) atoms. The second-order valence-electron chi connectivity index (χ2n) is 4.66. The van der Waals surface area contributed by atoms with Crippen molar-refractivity contribution in [2.45, 2.75) is 13.0 Å². The molecule has 0 aromatic carbocycles. The van der Waals surface area contributed by atoms with Crippen LogP contribution in [-0.2, 0) is 14.3 Å². The molecule has 1 amide bonds. The minimum atomic E-state index is -0.129. The van der Waals surface area contributed by atoms with Crippen LogP contribution in [0.2, 0.25) is 0 Å². The van der Waals surface area contributed by atoms with Crippen LogP contribution in [0.4, 0.5) is 0 Å². The normalized spacial score (nSPS) is 19.1. The van der Waals surface area contributed by atoms with Crippen molar-refractivity contribution in [3.63, 3.8) is 0 Å². The Morgan fingerprint density at radius 2 is 2.00 bits per heavy atom. The molecule has 0 radical (unpaired) electrons. The summed E-state index contributed by atoms with van der Waals surface area (Å²) in [6.07, 6.45) is 0. The maximum absolute atomic E-state index is 11.9. The number of piperazine rings is 1. The molecule has 1 heterocycles. The molecular formula is C12H24N4O4. The van der Waals surface area contributed by atoms with Crippen LogP contribution in [0.15, 0.2) is 5.16 Å². The topological polar surface area (TPSA) is 101 Å². The number of rotatable bonds is 7. The van der Waals surface area contributed by atoms with Crippen LogP contribution in [0.3, 0.4) is 0 Å². The van der Waals surface area contributed by atoms with Gasteiger partial charge in [-0.15, -0.1) is 0 Å². The van der Waals surface area contributed by atoms with Gasteiger partial charge in [0, 0.05) is 33.3 Å². The number of nitrogens with zero attached hydrogens (tertiary/aromatic N) is 3. The summed E-state index contributed by atoms with van der Waals surface area (Å²) in [6.45, 7) is 5.49. The molecule has 0 spiro atoms. The Balaban J connectivity index is 2.29. The minimum Gasteiger partial charge on any atom is -0.409 e. The first-order valence-electron chi connectivity index (χ1n) is 6.66. The van der Waals surface area contributed by atoms with Crippen molar-refractivity contribution in [1.29, 1.82) is 0 Å². The number of hydrogen-bond donors (Lipinski definition) is 2. The van der Waals surface area contributed by atoms with E-state index in [0.717, 1.165) is 0 Å². The predicted molar refractivity (Wildman–Crippen MR) is 73.7 cm³/mol. The molecule has 1 aliphatic heterocycles. The summed E-state index contributed by atoms with van der Waals surface area (Å²) in [5.74, 6) is 0.171. The third-order valence-electron chi connectivity index (χ3n) is 3.42. The number of oxime groups is 1. The molecule has 1 rings (SSSR count). The number of carbonyl (C=O) groups excluding carboxylic acids is 1. The van der Waals surface area contributed by atoms with Gasteiger partial charge in [0.15, 0.2) is 5.84 Å². The average Bonchev–Trinajstić information content (AvgIpc) is 2.50. The molecule has 3 N–H and O–H groups in total. The lowest BCUT2D eigenvalue weighted by molar-refractivity contribution is -0.138. The zero-order valence-electron chi connectivity index (χ0n) is 12.1. The summed E-state index contributed by atoms with van der Waals surface area (Å²) in [7, 11) is 1.59. The first-order valence-corrected chi connectivity index (χ1v) is 6.66. The summed E-state index contributed by atoms with van der Waals surface area (Å²) in [5.41, 5.74) is 5.58. The first-order chi connectivity index (χ1) is 9.60. The van der Waals surface area contributed by atoms with E-state index in [1.165, 1.54) is 0 Å². The van der Waals surface area contributed by atoms with Gasteiger partial charge in [-0.1, -0.05) is 5.16 Å². The number of amides is 1. The summed E-state index contributed by atoms with van der Waals surface area (Å²) in [6, 6.07) is -0.129. The van der Waals surface area contributed by atoms with Gasteiger partial charge in [0.05, 0.1) is 19.3 Å². The van der Waals surface area contributed by atoms with E-state index in [-0.39, 0.29) is 24.4 Å². The highest BCUT2D eigenvalue weighted by Gasteiger charge is 2.25. The SMILES string of the molecule is COCCOCC(=O)N1CCN(C(C)C(N)=NO)CC1. The monoisotopic (exact) mass is 288 g/mol. The fourth-order valence-electron chi connectivity index (χ4n) is 2.02. The Morgan fingerprint density at radius 1 is 1.35 bits per heavy atom. The third kappa shape index (κ3) is 4.95. The van der Waals surface area contributed by atoms with Gasteiger partial charge in [-0.3, -0.25) is 9.69 Å². The molecular weight excluding hydrogens is 264 g/mol.